The first kappa shape index (κ1) is 15.1. The van der Waals surface area contributed by atoms with E-state index in [1.807, 2.05) is 0 Å². The molecule has 1 aromatic rings. The van der Waals surface area contributed by atoms with Gasteiger partial charge in [0.25, 0.3) is 5.91 Å². The Hall–Kier alpha value is 0.0400. The van der Waals surface area contributed by atoms with E-state index in [0.717, 1.165) is 8.26 Å². The van der Waals surface area contributed by atoms with Crippen LogP contribution in [0.2, 0.25) is 0 Å². The van der Waals surface area contributed by atoms with Gasteiger partial charge in [-0.25, -0.2) is 13.1 Å². The number of hydrogen-bond donors (Lipinski definition) is 2. The second kappa shape index (κ2) is 6.28. The summed E-state index contributed by atoms with van der Waals surface area (Å²) < 4.78 is 26.0. The van der Waals surface area contributed by atoms with E-state index >= 15 is 0 Å². The van der Waals surface area contributed by atoms with Gasteiger partial charge in [0.1, 0.15) is 0 Å². The summed E-state index contributed by atoms with van der Waals surface area (Å²) in [5.74, 6) is -0.420. The zero-order valence-corrected chi connectivity index (χ0v) is 13.6. The Morgan fingerprint density at radius 1 is 1.47 bits per heavy atom. The summed E-state index contributed by atoms with van der Waals surface area (Å²) in [6.07, 6.45) is 0. The highest BCUT2D eigenvalue weighted by Crippen LogP contribution is 2.32. The van der Waals surface area contributed by atoms with Crippen LogP contribution in [0, 0.1) is 0 Å². The lowest BCUT2D eigenvalue weighted by Gasteiger charge is -2.03. The average molecular weight is 406 g/mol. The van der Waals surface area contributed by atoms with Crippen LogP contribution in [0.25, 0.3) is 0 Å². The maximum absolute atomic E-state index is 11.6. The van der Waals surface area contributed by atoms with Crippen LogP contribution in [0.5, 0.6) is 0 Å². The summed E-state index contributed by atoms with van der Waals surface area (Å²) in [6, 6.07) is 1.68. The molecule has 17 heavy (non-hydrogen) atoms. The van der Waals surface area contributed by atoms with E-state index in [4.69, 9.17) is 0 Å². The number of nitrogens with one attached hydrogen (secondary N) is 2. The van der Waals surface area contributed by atoms with Gasteiger partial charge in [0, 0.05) is 11.0 Å². The predicted octanol–water partition coefficient (Wildman–Crippen LogP) is 1.55. The Labute approximate surface area is 120 Å². The fourth-order valence-corrected chi connectivity index (χ4v) is 3.47. The molecule has 0 spiro atoms. The highest BCUT2D eigenvalue weighted by molar-refractivity contribution is 9.13. The van der Waals surface area contributed by atoms with Crippen molar-refractivity contribution in [2.75, 3.05) is 19.3 Å². The van der Waals surface area contributed by atoms with Crippen molar-refractivity contribution in [1.82, 2.24) is 10.0 Å². The van der Waals surface area contributed by atoms with Gasteiger partial charge >= 0.3 is 0 Å². The number of thiophene rings is 1. The van der Waals surface area contributed by atoms with Gasteiger partial charge in [-0.1, -0.05) is 0 Å². The Balaban J connectivity index is 2.51. The van der Waals surface area contributed by atoms with Crippen LogP contribution in [0.3, 0.4) is 0 Å². The molecule has 0 saturated heterocycles. The highest BCUT2D eigenvalue weighted by Gasteiger charge is 2.13. The van der Waals surface area contributed by atoms with Crippen LogP contribution in [0.4, 0.5) is 0 Å². The quantitative estimate of drug-likeness (QED) is 0.780. The number of hydrogen-bond acceptors (Lipinski definition) is 4. The largest absolute Gasteiger partial charge is 0.350 e. The Morgan fingerprint density at radius 2 is 2.12 bits per heavy atom. The van der Waals surface area contributed by atoms with Crippen LogP contribution >= 0.6 is 43.2 Å². The maximum Gasteiger partial charge on any atom is 0.261 e. The summed E-state index contributed by atoms with van der Waals surface area (Å²) in [7, 11) is -1.94. The molecular weight excluding hydrogens is 396 g/mol. The minimum atomic E-state index is -3.28. The Kier molecular flexibility index (Phi) is 5.58. The number of sulfonamides is 1. The summed E-state index contributed by atoms with van der Waals surface area (Å²) in [5.41, 5.74) is 0. The van der Waals surface area contributed by atoms with Crippen LogP contribution < -0.4 is 10.0 Å². The van der Waals surface area contributed by atoms with Gasteiger partial charge in [0.2, 0.25) is 10.0 Å². The van der Waals surface area contributed by atoms with Crippen LogP contribution in [-0.4, -0.2) is 33.7 Å². The lowest BCUT2D eigenvalue weighted by atomic mass is 10.4. The second-order valence-electron chi connectivity index (χ2n) is 3.01. The molecule has 0 aromatic carbocycles. The second-order valence-corrected chi connectivity index (χ2v) is 8.28. The molecule has 0 bridgehead atoms. The molecule has 0 saturated carbocycles. The van der Waals surface area contributed by atoms with E-state index in [1.54, 1.807) is 6.07 Å². The summed E-state index contributed by atoms with van der Waals surface area (Å²) in [4.78, 5) is 12.1. The molecule has 1 heterocycles. The number of rotatable bonds is 5. The zero-order chi connectivity index (χ0) is 13.1. The topological polar surface area (TPSA) is 75.3 Å². The normalized spacial score (nSPS) is 11.5. The molecule has 2 N–H and O–H groups in total. The minimum absolute atomic E-state index is 0.0785. The zero-order valence-electron chi connectivity index (χ0n) is 8.79. The maximum atomic E-state index is 11.6. The van der Waals surface area contributed by atoms with Crippen LogP contribution in [0.1, 0.15) is 9.67 Å². The SMILES string of the molecule is CNS(=O)(=O)CCNC(=O)c1cc(Br)c(Br)s1. The van der Waals surface area contributed by atoms with E-state index in [2.05, 4.69) is 41.9 Å². The van der Waals surface area contributed by atoms with Crippen molar-refractivity contribution >= 4 is 59.1 Å². The van der Waals surface area contributed by atoms with Gasteiger partial charge in [-0.2, -0.15) is 0 Å². The smallest absolute Gasteiger partial charge is 0.261 e. The summed E-state index contributed by atoms with van der Waals surface area (Å²) in [5, 5.41) is 2.54. The van der Waals surface area contributed by atoms with Crippen molar-refractivity contribution < 1.29 is 13.2 Å². The molecule has 0 atom stereocenters. The highest BCUT2D eigenvalue weighted by atomic mass is 79.9. The van der Waals surface area contributed by atoms with Crippen molar-refractivity contribution in [3.8, 4) is 0 Å². The van der Waals surface area contributed by atoms with Gasteiger partial charge in [-0.05, 0) is 45.0 Å². The first-order valence-electron chi connectivity index (χ1n) is 4.50. The Morgan fingerprint density at radius 3 is 2.59 bits per heavy atom. The molecule has 1 rings (SSSR count). The third-order valence-electron chi connectivity index (χ3n) is 1.84. The number of carbonyl (C=O) groups is 1. The van der Waals surface area contributed by atoms with Crippen molar-refractivity contribution in [3.63, 3.8) is 0 Å². The molecule has 0 aliphatic carbocycles. The molecule has 9 heteroatoms. The predicted molar refractivity (Wildman–Crippen MR) is 74.9 cm³/mol. The number of carbonyl (C=O) groups excluding carboxylic acids is 1. The Bertz CT molecular complexity index is 493. The van der Waals surface area contributed by atoms with Crippen molar-refractivity contribution in [2.24, 2.45) is 0 Å². The van der Waals surface area contributed by atoms with Gasteiger partial charge < -0.3 is 5.32 Å². The van der Waals surface area contributed by atoms with Gasteiger partial charge in [0.05, 0.1) is 14.4 Å². The molecule has 1 amide bonds. The minimum Gasteiger partial charge on any atom is -0.350 e. The fourth-order valence-electron chi connectivity index (χ4n) is 0.947. The molecule has 0 radical (unpaired) electrons. The van der Waals surface area contributed by atoms with Crippen LogP contribution in [-0.2, 0) is 10.0 Å². The first-order chi connectivity index (χ1) is 7.85. The molecule has 1 aromatic heterocycles. The first-order valence-corrected chi connectivity index (χ1v) is 8.55. The van der Waals surface area contributed by atoms with E-state index in [0.29, 0.717) is 4.88 Å². The third-order valence-corrected chi connectivity index (χ3v) is 6.45. The van der Waals surface area contributed by atoms with E-state index < -0.39 is 10.0 Å². The number of amides is 1. The molecule has 96 valence electrons. The molecule has 0 fully saturated rings. The van der Waals surface area contributed by atoms with Gasteiger partial charge in [-0.15, -0.1) is 11.3 Å². The van der Waals surface area contributed by atoms with Crippen LogP contribution in [0.15, 0.2) is 14.3 Å². The van der Waals surface area contributed by atoms with Crippen molar-refractivity contribution in [1.29, 1.82) is 0 Å². The molecule has 0 aliphatic heterocycles. The third kappa shape index (κ3) is 4.66. The summed E-state index contributed by atoms with van der Waals surface area (Å²) in [6.45, 7) is 0.0785. The summed E-state index contributed by atoms with van der Waals surface area (Å²) >= 11 is 7.83. The van der Waals surface area contributed by atoms with E-state index in [9.17, 15) is 13.2 Å². The standard InChI is InChI=1S/C8H10Br2N2O3S2/c1-11-17(14,15)3-2-12-8(13)6-4-5(9)7(10)16-6/h4,11H,2-3H2,1H3,(H,12,13). The molecular formula is C8H10Br2N2O3S2. The lowest BCUT2D eigenvalue weighted by Crippen LogP contribution is -2.32. The van der Waals surface area contributed by atoms with Gasteiger partial charge in [-0.3, -0.25) is 4.79 Å². The molecule has 0 unspecified atom stereocenters. The average Bonchev–Trinajstić information content (AvgIpc) is 2.59. The van der Waals surface area contributed by atoms with Gasteiger partial charge in [0.15, 0.2) is 0 Å². The monoisotopic (exact) mass is 404 g/mol. The lowest BCUT2D eigenvalue weighted by molar-refractivity contribution is 0.0960. The molecule has 0 aliphatic rings. The van der Waals surface area contributed by atoms with Crippen molar-refractivity contribution in [2.45, 2.75) is 0 Å². The van der Waals surface area contributed by atoms with Crippen molar-refractivity contribution in [3.05, 3.63) is 19.2 Å². The molecule has 5 nitrogen and oxygen atoms in total. The number of halogens is 2. The fraction of sp³-hybridized carbons (Fsp3) is 0.375. The van der Waals surface area contributed by atoms with E-state index in [-0.39, 0.29) is 18.2 Å². The van der Waals surface area contributed by atoms with E-state index in [1.165, 1.54) is 18.4 Å².